The Morgan fingerprint density at radius 2 is 1.24 bits per heavy atom. The molecule has 10 heteroatoms. The van der Waals surface area contributed by atoms with Crippen LogP contribution < -0.4 is 29.1 Å². The van der Waals surface area contributed by atoms with Crippen LogP contribution in [0.4, 0.5) is 4.39 Å². The topological polar surface area (TPSA) is 105 Å². The number of pyridine rings is 1. The summed E-state index contributed by atoms with van der Waals surface area (Å²) in [5.41, 5.74) is 1.25. The molecule has 0 bridgehead atoms. The molecule has 0 radical (unpaired) electrons. The van der Waals surface area contributed by atoms with Crippen LogP contribution in [0.1, 0.15) is 39.7 Å². The van der Waals surface area contributed by atoms with Crippen molar-refractivity contribution in [3.63, 3.8) is 0 Å². The van der Waals surface area contributed by atoms with Gasteiger partial charge in [0.15, 0.2) is 17.3 Å². The van der Waals surface area contributed by atoms with Crippen LogP contribution in [0.15, 0.2) is 83.7 Å². The maximum absolute atomic E-state index is 16.6. The number of aromatic carboxylic acids is 1. The van der Waals surface area contributed by atoms with Gasteiger partial charge in [-0.15, -0.1) is 0 Å². The molecule has 238 valence electrons. The highest BCUT2D eigenvalue weighted by atomic mass is 19.1. The minimum Gasteiger partial charge on any atom is -0.497 e. The van der Waals surface area contributed by atoms with Gasteiger partial charge in [-0.25, -0.2) is 9.18 Å². The van der Waals surface area contributed by atoms with E-state index in [1.54, 1.807) is 99.6 Å². The minimum absolute atomic E-state index is 0.0470. The van der Waals surface area contributed by atoms with Crippen molar-refractivity contribution >= 4 is 16.9 Å². The van der Waals surface area contributed by atoms with Gasteiger partial charge in [-0.3, -0.25) is 4.79 Å². The number of carboxylic acid groups (broad SMARTS) is 1. The van der Waals surface area contributed by atoms with Gasteiger partial charge in [0.05, 0.1) is 32.2 Å². The molecule has 0 aliphatic heterocycles. The van der Waals surface area contributed by atoms with Crippen LogP contribution >= 0.6 is 0 Å². The molecule has 0 amide bonds. The van der Waals surface area contributed by atoms with Crippen molar-refractivity contribution in [1.29, 1.82) is 0 Å². The Hall–Kier alpha value is -5.51. The molecular weight excluding hydrogens is 593 g/mol. The number of fused-ring (bicyclic) bond motifs is 1. The summed E-state index contributed by atoms with van der Waals surface area (Å²) in [5.74, 6) is -0.716. The van der Waals surface area contributed by atoms with Crippen LogP contribution in [0.2, 0.25) is 0 Å². The third-order valence-electron chi connectivity index (χ3n) is 7.68. The highest BCUT2D eigenvalue weighted by Gasteiger charge is 2.28. The highest BCUT2D eigenvalue weighted by Crippen LogP contribution is 2.38. The molecule has 1 heterocycles. The molecule has 0 spiro atoms. The van der Waals surface area contributed by atoms with Crippen LogP contribution in [0, 0.1) is 5.82 Å². The molecule has 1 N–H and O–H groups in total. The van der Waals surface area contributed by atoms with E-state index < -0.39 is 22.8 Å². The summed E-state index contributed by atoms with van der Waals surface area (Å²) in [7, 11) is 4.68. The van der Waals surface area contributed by atoms with Crippen molar-refractivity contribution in [2.75, 3.05) is 21.3 Å². The predicted molar refractivity (Wildman–Crippen MR) is 171 cm³/mol. The van der Waals surface area contributed by atoms with Gasteiger partial charge in [0, 0.05) is 24.7 Å². The number of carbonyl (C=O) groups is 1. The lowest BCUT2D eigenvalue weighted by Crippen LogP contribution is -2.25. The van der Waals surface area contributed by atoms with Crippen LogP contribution in [-0.2, 0) is 26.2 Å². The lowest BCUT2D eigenvalue weighted by Gasteiger charge is -2.21. The lowest BCUT2D eigenvalue weighted by atomic mass is 10.0. The fraction of sp³-hybridized carbons (Fsp3) is 0.222. The summed E-state index contributed by atoms with van der Waals surface area (Å²) < 4.78 is 46.0. The van der Waals surface area contributed by atoms with E-state index in [4.69, 9.17) is 23.7 Å². The number of nitrogens with zero attached hydrogens (tertiary/aromatic N) is 1. The smallest absolute Gasteiger partial charge is 0.341 e. The van der Waals surface area contributed by atoms with E-state index >= 15 is 4.39 Å². The zero-order chi connectivity index (χ0) is 32.8. The first kappa shape index (κ1) is 31.9. The molecule has 0 saturated carbocycles. The van der Waals surface area contributed by atoms with E-state index in [2.05, 4.69) is 0 Å². The van der Waals surface area contributed by atoms with Crippen LogP contribution in [0.5, 0.6) is 28.7 Å². The molecule has 1 aromatic heterocycles. The predicted octanol–water partition coefficient (Wildman–Crippen LogP) is 6.63. The Labute approximate surface area is 265 Å². The minimum atomic E-state index is -1.45. The molecule has 0 saturated heterocycles. The van der Waals surface area contributed by atoms with Gasteiger partial charge in [-0.2, -0.15) is 0 Å². The van der Waals surface area contributed by atoms with Crippen molar-refractivity contribution in [1.82, 2.24) is 4.57 Å². The van der Waals surface area contributed by atoms with Gasteiger partial charge in [-0.05, 0) is 60.0 Å². The van der Waals surface area contributed by atoms with Crippen LogP contribution in [0.25, 0.3) is 10.9 Å². The number of aromatic nitrogens is 1. The average Bonchev–Trinajstić information content (AvgIpc) is 3.07. The van der Waals surface area contributed by atoms with Crippen molar-refractivity contribution in [2.24, 2.45) is 0 Å². The number of ether oxygens (including phenoxy) is 5. The molecule has 4 aromatic carbocycles. The molecule has 0 aliphatic rings. The Kier molecular flexibility index (Phi) is 9.76. The van der Waals surface area contributed by atoms with Crippen molar-refractivity contribution in [3.05, 3.63) is 123 Å². The molecule has 5 aromatic rings. The summed E-state index contributed by atoms with van der Waals surface area (Å²) in [6.45, 7) is 2.08. The maximum Gasteiger partial charge on any atom is 0.341 e. The summed E-state index contributed by atoms with van der Waals surface area (Å²) >= 11 is 0. The van der Waals surface area contributed by atoms with Gasteiger partial charge < -0.3 is 33.4 Å². The van der Waals surface area contributed by atoms with Gasteiger partial charge in [-0.1, -0.05) is 36.4 Å². The largest absolute Gasteiger partial charge is 0.497 e. The third kappa shape index (κ3) is 6.61. The van der Waals surface area contributed by atoms with Gasteiger partial charge in [0.1, 0.15) is 36.0 Å². The Bertz CT molecular complexity index is 1900. The highest BCUT2D eigenvalue weighted by molar-refractivity contribution is 5.95. The maximum atomic E-state index is 16.6. The quantitative estimate of drug-likeness (QED) is 0.155. The molecule has 0 fully saturated rings. The number of carboxylic acids is 1. The van der Waals surface area contributed by atoms with E-state index in [1.807, 2.05) is 12.1 Å². The second-order valence-electron chi connectivity index (χ2n) is 10.4. The summed E-state index contributed by atoms with van der Waals surface area (Å²) in [6.07, 6.45) is 0.115. The molecule has 9 nitrogen and oxygen atoms in total. The number of hydrogen-bond acceptors (Lipinski definition) is 7. The van der Waals surface area contributed by atoms with E-state index in [0.717, 1.165) is 11.1 Å². The van der Waals surface area contributed by atoms with Gasteiger partial charge in [0.2, 0.25) is 5.43 Å². The molecule has 0 atom stereocenters. The molecular formula is C36H34FNO8. The molecule has 0 aliphatic carbocycles. The Morgan fingerprint density at radius 1 is 0.761 bits per heavy atom. The number of halogens is 1. The fourth-order valence-corrected chi connectivity index (χ4v) is 5.27. The second-order valence-corrected chi connectivity index (χ2v) is 10.4. The Morgan fingerprint density at radius 3 is 1.70 bits per heavy atom. The molecule has 46 heavy (non-hydrogen) atoms. The number of benzene rings is 4. The van der Waals surface area contributed by atoms with Crippen molar-refractivity contribution in [2.45, 2.75) is 33.1 Å². The standard InChI is InChI=1S/C36H34FNO8/c1-5-38-28(18-22-6-12-25(42-2)13-7-22)32(36(40)41)34(39)31-29(38)19-30(45-20-23-8-14-26(43-3)15-9-23)35(33(31)37)46-21-24-10-16-27(44-4)17-11-24/h6-17,19H,5,18,20-21H2,1-4H3,(H,40,41). The second kappa shape index (κ2) is 14.1. The fourth-order valence-electron chi connectivity index (χ4n) is 5.27. The van der Waals surface area contributed by atoms with Crippen molar-refractivity contribution in [3.8, 4) is 28.7 Å². The Balaban J connectivity index is 1.65. The zero-order valence-electron chi connectivity index (χ0n) is 26.0. The normalized spacial score (nSPS) is 10.9. The van der Waals surface area contributed by atoms with Crippen LogP contribution in [0.3, 0.4) is 0 Å². The first-order chi connectivity index (χ1) is 22.3. The van der Waals surface area contributed by atoms with E-state index in [9.17, 15) is 14.7 Å². The number of rotatable bonds is 13. The monoisotopic (exact) mass is 627 g/mol. The number of hydrogen-bond donors (Lipinski definition) is 1. The molecule has 0 unspecified atom stereocenters. The first-order valence-corrected chi connectivity index (χ1v) is 14.6. The van der Waals surface area contributed by atoms with Gasteiger partial charge >= 0.3 is 5.97 Å². The van der Waals surface area contributed by atoms with Gasteiger partial charge in [0.25, 0.3) is 0 Å². The van der Waals surface area contributed by atoms with E-state index in [0.29, 0.717) is 22.8 Å². The van der Waals surface area contributed by atoms with E-state index in [-0.39, 0.29) is 54.3 Å². The summed E-state index contributed by atoms with van der Waals surface area (Å²) in [6, 6.07) is 22.9. The molecule has 5 rings (SSSR count). The van der Waals surface area contributed by atoms with E-state index in [1.165, 1.54) is 0 Å². The third-order valence-corrected chi connectivity index (χ3v) is 7.68. The van der Waals surface area contributed by atoms with Crippen molar-refractivity contribution < 1.29 is 38.0 Å². The lowest BCUT2D eigenvalue weighted by molar-refractivity contribution is 0.0693. The number of methoxy groups -OCH3 is 3. The number of aryl methyl sites for hydroxylation is 1. The summed E-state index contributed by atoms with van der Waals surface area (Å²) in [4.78, 5) is 26.4. The summed E-state index contributed by atoms with van der Waals surface area (Å²) in [5, 5.41) is 9.82. The van der Waals surface area contributed by atoms with Crippen LogP contribution in [-0.4, -0.2) is 37.0 Å². The SMILES string of the molecule is CCn1c(Cc2ccc(OC)cc2)c(C(=O)O)c(=O)c2c(F)c(OCc3ccc(OC)cc3)c(OCc3ccc(OC)cc3)cc21. The average molecular weight is 628 g/mol. The zero-order valence-corrected chi connectivity index (χ0v) is 26.0. The first-order valence-electron chi connectivity index (χ1n) is 14.6.